The van der Waals surface area contributed by atoms with Crippen LogP contribution in [0.3, 0.4) is 0 Å². The van der Waals surface area contributed by atoms with Crippen LogP contribution in [-0.2, 0) is 24.3 Å². The Bertz CT molecular complexity index is 739. The third-order valence-electron chi connectivity index (χ3n) is 4.33. The Kier molecular flexibility index (Phi) is 7.40. The van der Waals surface area contributed by atoms with Gasteiger partial charge >= 0.3 is 0 Å². The van der Waals surface area contributed by atoms with Crippen molar-refractivity contribution in [2.24, 2.45) is 5.73 Å². The summed E-state index contributed by atoms with van der Waals surface area (Å²) in [5.41, 5.74) is 6.42. The number of hydrogen-bond donors (Lipinski definition) is 1. The van der Waals surface area contributed by atoms with Crippen molar-refractivity contribution in [1.82, 2.24) is 19.9 Å². The molecule has 7 nitrogen and oxygen atoms in total. The first-order valence-electron chi connectivity index (χ1n) is 8.33. The van der Waals surface area contributed by atoms with E-state index in [-0.39, 0.29) is 30.9 Å². The first-order chi connectivity index (χ1) is 12.0. The van der Waals surface area contributed by atoms with Crippen LogP contribution in [0.4, 0.5) is 0 Å². The Hall–Kier alpha value is -1.67. The second kappa shape index (κ2) is 9.32. The van der Waals surface area contributed by atoms with Crippen molar-refractivity contribution in [2.75, 3.05) is 19.6 Å². The van der Waals surface area contributed by atoms with E-state index in [1.54, 1.807) is 0 Å². The molecular weight excluding hydrogens is 377 g/mol. The van der Waals surface area contributed by atoms with Gasteiger partial charge in [-0.1, -0.05) is 28.9 Å². The van der Waals surface area contributed by atoms with Crippen molar-refractivity contribution in [3.05, 3.63) is 46.6 Å². The van der Waals surface area contributed by atoms with Crippen molar-refractivity contribution in [3.8, 4) is 0 Å². The Morgan fingerprint density at radius 3 is 2.88 bits per heavy atom. The molecule has 26 heavy (non-hydrogen) atoms. The molecule has 0 spiro atoms. The number of carbonyl (C=O) groups excluding carboxylic acids is 1. The predicted octanol–water partition coefficient (Wildman–Crippen LogP) is 1.88. The van der Waals surface area contributed by atoms with Gasteiger partial charge in [-0.25, -0.2) is 0 Å². The van der Waals surface area contributed by atoms with Crippen LogP contribution in [-0.4, -0.2) is 51.5 Å². The van der Waals surface area contributed by atoms with E-state index in [0.717, 1.165) is 18.7 Å². The first kappa shape index (κ1) is 20.6. The van der Waals surface area contributed by atoms with Crippen LogP contribution >= 0.6 is 24.0 Å². The molecule has 142 valence electrons. The number of nitrogens with zero attached hydrogens (tertiary/aromatic N) is 4. The minimum atomic E-state index is 0. The standard InChI is InChI=1S/C17H22ClN5O2.ClH/c1-12-10-22(11-15-20-16(9-19)25-21-15)5-6-23(12)17(24)8-13-3-2-4-14(18)7-13;/h2-4,7,12H,5-6,8-11,19H2,1H3;1H. The summed E-state index contributed by atoms with van der Waals surface area (Å²) in [7, 11) is 0. The molecule has 1 aromatic carbocycles. The third-order valence-corrected chi connectivity index (χ3v) is 4.56. The highest BCUT2D eigenvalue weighted by atomic mass is 35.5. The molecule has 1 saturated heterocycles. The topological polar surface area (TPSA) is 88.5 Å². The average molecular weight is 400 g/mol. The van der Waals surface area contributed by atoms with Crippen molar-refractivity contribution < 1.29 is 9.32 Å². The van der Waals surface area contributed by atoms with Gasteiger partial charge in [-0.3, -0.25) is 9.69 Å². The van der Waals surface area contributed by atoms with E-state index in [0.29, 0.717) is 36.2 Å². The number of rotatable bonds is 5. The lowest BCUT2D eigenvalue weighted by Crippen LogP contribution is -2.54. The molecule has 1 fully saturated rings. The lowest BCUT2D eigenvalue weighted by molar-refractivity contribution is -0.135. The SMILES string of the molecule is CC1CN(Cc2noc(CN)n2)CCN1C(=O)Cc1cccc(Cl)c1.Cl. The maximum absolute atomic E-state index is 12.6. The highest BCUT2D eigenvalue weighted by Gasteiger charge is 2.28. The lowest BCUT2D eigenvalue weighted by Gasteiger charge is -2.39. The van der Waals surface area contributed by atoms with E-state index in [9.17, 15) is 4.79 Å². The van der Waals surface area contributed by atoms with Gasteiger partial charge in [-0.05, 0) is 24.6 Å². The number of piperazine rings is 1. The van der Waals surface area contributed by atoms with Crippen LogP contribution < -0.4 is 5.73 Å². The average Bonchev–Trinajstić information content (AvgIpc) is 3.02. The molecule has 0 aliphatic carbocycles. The molecule has 0 radical (unpaired) electrons. The van der Waals surface area contributed by atoms with Gasteiger partial charge in [0, 0.05) is 30.7 Å². The zero-order chi connectivity index (χ0) is 17.8. The van der Waals surface area contributed by atoms with Crippen molar-refractivity contribution >= 4 is 29.9 Å². The maximum Gasteiger partial charge on any atom is 0.240 e. The van der Waals surface area contributed by atoms with Gasteiger partial charge in [-0.15, -0.1) is 12.4 Å². The second-order valence-corrected chi connectivity index (χ2v) is 6.72. The second-order valence-electron chi connectivity index (χ2n) is 6.29. The van der Waals surface area contributed by atoms with Crippen molar-refractivity contribution in [2.45, 2.75) is 32.5 Å². The molecule has 2 heterocycles. The van der Waals surface area contributed by atoms with Crippen LogP contribution in [0.25, 0.3) is 0 Å². The highest BCUT2D eigenvalue weighted by Crippen LogP contribution is 2.16. The molecule has 1 aliphatic heterocycles. The van der Waals surface area contributed by atoms with E-state index in [4.69, 9.17) is 21.9 Å². The Morgan fingerprint density at radius 1 is 1.42 bits per heavy atom. The molecule has 1 unspecified atom stereocenters. The Morgan fingerprint density at radius 2 is 2.23 bits per heavy atom. The van der Waals surface area contributed by atoms with Crippen molar-refractivity contribution in [1.29, 1.82) is 0 Å². The number of halogens is 2. The zero-order valence-corrected chi connectivity index (χ0v) is 16.2. The summed E-state index contributed by atoms with van der Waals surface area (Å²) in [6.45, 7) is 5.14. The minimum Gasteiger partial charge on any atom is -0.338 e. The number of nitrogens with two attached hydrogens (primary N) is 1. The molecule has 1 aliphatic rings. The van der Waals surface area contributed by atoms with E-state index in [2.05, 4.69) is 22.0 Å². The van der Waals surface area contributed by atoms with E-state index in [1.165, 1.54) is 0 Å². The van der Waals surface area contributed by atoms with Crippen LogP contribution in [0, 0.1) is 0 Å². The van der Waals surface area contributed by atoms with E-state index in [1.807, 2.05) is 29.2 Å². The minimum absolute atomic E-state index is 0. The summed E-state index contributed by atoms with van der Waals surface area (Å²) in [6, 6.07) is 7.57. The van der Waals surface area contributed by atoms with Crippen LogP contribution in [0.5, 0.6) is 0 Å². The lowest BCUT2D eigenvalue weighted by atomic mass is 10.1. The van der Waals surface area contributed by atoms with Gasteiger partial charge in [-0.2, -0.15) is 4.98 Å². The number of benzene rings is 1. The smallest absolute Gasteiger partial charge is 0.240 e. The van der Waals surface area contributed by atoms with E-state index >= 15 is 0 Å². The monoisotopic (exact) mass is 399 g/mol. The Labute approximate surface area is 163 Å². The summed E-state index contributed by atoms with van der Waals surface area (Å²) in [5.74, 6) is 1.20. The number of carbonyl (C=O) groups is 1. The summed E-state index contributed by atoms with van der Waals surface area (Å²) >= 11 is 5.99. The molecule has 9 heteroatoms. The fourth-order valence-corrected chi connectivity index (χ4v) is 3.32. The van der Waals surface area contributed by atoms with Crippen LogP contribution in [0.15, 0.2) is 28.8 Å². The summed E-state index contributed by atoms with van der Waals surface area (Å²) in [4.78, 5) is 21.0. The summed E-state index contributed by atoms with van der Waals surface area (Å²) in [6.07, 6.45) is 0.371. The molecule has 1 amide bonds. The number of aromatic nitrogens is 2. The fraction of sp³-hybridized carbons (Fsp3) is 0.471. The predicted molar refractivity (Wildman–Crippen MR) is 101 cm³/mol. The van der Waals surface area contributed by atoms with Crippen LogP contribution in [0.2, 0.25) is 5.02 Å². The zero-order valence-electron chi connectivity index (χ0n) is 14.6. The molecule has 3 rings (SSSR count). The molecule has 1 atom stereocenters. The molecule has 0 saturated carbocycles. The molecular formula is C17H23Cl2N5O2. The van der Waals surface area contributed by atoms with Crippen LogP contribution in [0.1, 0.15) is 24.2 Å². The van der Waals surface area contributed by atoms with E-state index < -0.39 is 0 Å². The summed E-state index contributed by atoms with van der Waals surface area (Å²) < 4.78 is 5.03. The summed E-state index contributed by atoms with van der Waals surface area (Å²) in [5, 5.41) is 4.58. The first-order valence-corrected chi connectivity index (χ1v) is 8.70. The largest absolute Gasteiger partial charge is 0.338 e. The van der Waals surface area contributed by atoms with Gasteiger partial charge in [0.2, 0.25) is 11.8 Å². The van der Waals surface area contributed by atoms with Gasteiger partial charge in [0.1, 0.15) is 0 Å². The highest BCUT2D eigenvalue weighted by molar-refractivity contribution is 6.30. The molecule has 2 N–H and O–H groups in total. The Balaban J connectivity index is 0.00000243. The van der Waals surface area contributed by atoms with Crippen molar-refractivity contribution in [3.63, 3.8) is 0 Å². The molecule has 0 bridgehead atoms. The normalized spacial score (nSPS) is 17.8. The fourth-order valence-electron chi connectivity index (χ4n) is 3.11. The molecule has 1 aromatic heterocycles. The van der Waals surface area contributed by atoms with Gasteiger partial charge in [0.15, 0.2) is 5.82 Å². The number of amides is 1. The third kappa shape index (κ3) is 5.17. The molecule has 2 aromatic rings. The quantitative estimate of drug-likeness (QED) is 0.825. The van der Waals surface area contributed by atoms with Gasteiger partial charge in [0.25, 0.3) is 0 Å². The maximum atomic E-state index is 12.6. The van der Waals surface area contributed by atoms with Gasteiger partial charge < -0.3 is 15.2 Å². The van der Waals surface area contributed by atoms with Gasteiger partial charge in [0.05, 0.1) is 19.5 Å². The number of hydrogen-bond acceptors (Lipinski definition) is 6.